The molecule has 0 aliphatic rings. The zero-order valence-corrected chi connectivity index (χ0v) is 13.2. The normalized spacial score (nSPS) is 10.7. The molecule has 2 aromatic carbocycles. The van der Waals surface area contributed by atoms with Crippen molar-refractivity contribution in [3.8, 4) is 11.8 Å². The number of rotatable bonds is 4. The van der Waals surface area contributed by atoms with Crippen molar-refractivity contribution in [1.82, 2.24) is 0 Å². The second-order valence-electron chi connectivity index (χ2n) is 4.44. The molecule has 0 aliphatic carbocycles. The Hall–Kier alpha value is -2.68. The Labute approximate surface area is 142 Å². The van der Waals surface area contributed by atoms with Gasteiger partial charge in [-0.05, 0) is 30.3 Å². The molecule has 0 spiro atoms. The van der Waals surface area contributed by atoms with E-state index in [1.165, 1.54) is 18.3 Å². The Morgan fingerprint density at radius 3 is 2.43 bits per heavy atom. The largest absolute Gasteiger partial charge is 0.506 e. The molecule has 2 aromatic rings. The first-order valence-corrected chi connectivity index (χ1v) is 7.17. The number of hydrogen-bond acceptors (Lipinski definition) is 4. The van der Waals surface area contributed by atoms with Crippen molar-refractivity contribution in [3.05, 3.63) is 64.3 Å². The maximum absolute atomic E-state index is 12.0. The molecule has 0 heterocycles. The Morgan fingerprint density at radius 2 is 1.83 bits per heavy atom. The lowest BCUT2D eigenvalue weighted by Gasteiger charge is -2.07. The van der Waals surface area contributed by atoms with Gasteiger partial charge in [-0.2, -0.15) is 5.26 Å². The number of phenols is 1. The fraction of sp³-hybridized carbons (Fsp3) is 0. The van der Waals surface area contributed by atoms with Gasteiger partial charge in [0, 0.05) is 21.9 Å². The number of anilines is 2. The summed E-state index contributed by atoms with van der Waals surface area (Å²) in [6.07, 6.45) is 1.23. The fourth-order valence-electron chi connectivity index (χ4n) is 1.71. The van der Waals surface area contributed by atoms with Crippen molar-refractivity contribution in [2.24, 2.45) is 0 Å². The van der Waals surface area contributed by atoms with E-state index in [0.717, 1.165) is 0 Å². The van der Waals surface area contributed by atoms with Crippen LogP contribution in [0.2, 0.25) is 10.0 Å². The topological polar surface area (TPSA) is 85.2 Å². The standard InChI is InChI=1S/C16H11Cl2N3O2/c17-11-5-12(18)7-13(6-11)20-9-10(8-19)16(23)21-14-3-1-2-4-15(14)22/h1-7,9,20,22H,(H,21,23)/b10-9-. The Balaban J connectivity index is 2.14. The molecule has 5 nitrogen and oxygen atoms in total. The van der Waals surface area contributed by atoms with Crippen LogP contribution in [0.3, 0.4) is 0 Å². The van der Waals surface area contributed by atoms with Crippen molar-refractivity contribution in [1.29, 1.82) is 5.26 Å². The summed E-state index contributed by atoms with van der Waals surface area (Å²) < 4.78 is 0. The van der Waals surface area contributed by atoms with Crippen molar-refractivity contribution in [2.75, 3.05) is 10.6 Å². The highest BCUT2D eigenvalue weighted by molar-refractivity contribution is 6.35. The average molecular weight is 348 g/mol. The second-order valence-corrected chi connectivity index (χ2v) is 5.32. The number of carbonyl (C=O) groups is 1. The smallest absolute Gasteiger partial charge is 0.267 e. The summed E-state index contributed by atoms with van der Waals surface area (Å²) in [5, 5.41) is 24.8. The molecular weight excluding hydrogens is 337 g/mol. The van der Waals surface area contributed by atoms with Crippen LogP contribution >= 0.6 is 23.2 Å². The number of carbonyl (C=O) groups excluding carboxylic acids is 1. The molecular formula is C16H11Cl2N3O2. The zero-order valence-electron chi connectivity index (χ0n) is 11.7. The quantitative estimate of drug-likeness (QED) is 0.440. The monoisotopic (exact) mass is 347 g/mol. The van der Waals surface area contributed by atoms with Gasteiger partial charge in [-0.1, -0.05) is 35.3 Å². The first-order chi connectivity index (χ1) is 11.0. The first kappa shape index (κ1) is 16.7. The summed E-state index contributed by atoms with van der Waals surface area (Å²) in [6, 6.07) is 12.8. The summed E-state index contributed by atoms with van der Waals surface area (Å²) in [4.78, 5) is 12.0. The number of phenolic OH excluding ortho intramolecular Hbond substituents is 1. The van der Waals surface area contributed by atoms with Crippen molar-refractivity contribution >= 4 is 40.5 Å². The number of amides is 1. The molecule has 0 aliphatic heterocycles. The predicted octanol–water partition coefficient (Wildman–Crippen LogP) is 4.16. The molecule has 2 rings (SSSR count). The van der Waals surface area contributed by atoms with Gasteiger partial charge in [0.25, 0.3) is 5.91 Å². The molecule has 0 saturated heterocycles. The summed E-state index contributed by atoms with van der Waals surface area (Å²) >= 11 is 11.7. The van der Waals surface area contributed by atoms with Gasteiger partial charge in [0.2, 0.25) is 0 Å². The van der Waals surface area contributed by atoms with E-state index >= 15 is 0 Å². The van der Waals surface area contributed by atoms with E-state index in [0.29, 0.717) is 15.7 Å². The summed E-state index contributed by atoms with van der Waals surface area (Å²) in [6.45, 7) is 0. The SMILES string of the molecule is N#C/C(=C/Nc1cc(Cl)cc(Cl)c1)C(=O)Nc1ccccc1O. The van der Waals surface area contributed by atoms with E-state index in [9.17, 15) is 9.90 Å². The minimum Gasteiger partial charge on any atom is -0.506 e. The third-order valence-corrected chi connectivity index (χ3v) is 3.20. The number of aromatic hydroxyl groups is 1. The number of halogens is 2. The third-order valence-electron chi connectivity index (χ3n) is 2.76. The maximum Gasteiger partial charge on any atom is 0.267 e. The summed E-state index contributed by atoms with van der Waals surface area (Å²) in [7, 11) is 0. The minimum atomic E-state index is -0.658. The van der Waals surface area contributed by atoms with Crippen LogP contribution < -0.4 is 10.6 Å². The molecule has 0 aromatic heterocycles. The average Bonchev–Trinajstić information content (AvgIpc) is 2.49. The van der Waals surface area contributed by atoms with E-state index in [4.69, 9.17) is 28.5 Å². The second kappa shape index (κ2) is 7.54. The zero-order chi connectivity index (χ0) is 16.8. The van der Waals surface area contributed by atoms with Crippen LogP contribution in [-0.2, 0) is 4.79 Å². The molecule has 0 fully saturated rings. The molecule has 3 N–H and O–H groups in total. The molecule has 23 heavy (non-hydrogen) atoms. The van der Waals surface area contributed by atoms with Gasteiger partial charge in [-0.3, -0.25) is 4.79 Å². The van der Waals surface area contributed by atoms with Crippen molar-refractivity contribution in [3.63, 3.8) is 0 Å². The van der Waals surface area contributed by atoms with E-state index in [1.807, 2.05) is 0 Å². The number of nitrogens with zero attached hydrogens (tertiary/aromatic N) is 1. The van der Waals surface area contributed by atoms with Gasteiger partial charge in [0.1, 0.15) is 17.4 Å². The highest BCUT2D eigenvalue weighted by Gasteiger charge is 2.11. The highest BCUT2D eigenvalue weighted by atomic mass is 35.5. The van der Waals surface area contributed by atoms with Crippen LogP contribution in [0.15, 0.2) is 54.2 Å². The van der Waals surface area contributed by atoms with Crippen LogP contribution in [0.4, 0.5) is 11.4 Å². The van der Waals surface area contributed by atoms with Crippen molar-refractivity contribution in [2.45, 2.75) is 0 Å². The predicted molar refractivity (Wildman–Crippen MR) is 90.5 cm³/mol. The summed E-state index contributed by atoms with van der Waals surface area (Å²) in [5.74, 6) is -0.748. The van der Waals surface area contributed by atoms with Gasteiger partial charge < -0.3 is 15.7 Å². The van der Waals surface area contributed by atoms with E-state index in [2.05, 4.69) is 10.6 Å². The maximum atomic E-state index is 12.0. The van der Waals surface area contributed by atoms with Crippen LogP contribution in [0.25, 0.3) is 0 Å². The highest BCUT2D eigenvalue weighted by Crippen LogP contribution is 2.23. The number of para-hydroxylation sites is 2. The molecule has 7 heteroatoms. The van der Waals surface area contributed by atoms with Crippen LogP contribution in [0.1, 0.15) is 0 Å². The summed E-state index contributed by atoms with van der Waals surface area (Å²) in [5.41, 5.74) is 0.569. The van der Waals surface area contributed by atoms with E-state index < -0.39 is 5.91 Å². The lowest BCUT2D eigenvalue weighted by molar-refractivity contribution is -0.112. The van der Waals surface area contributed by atoms with Crippen LogP contribution in [0, 0.1) is 11.3 Å². The van der Waals surface area contributed by atoms with Gasteiger partial charge in [0.05, 0.1) is 5.69 Å². The van der Waals surface area contributed by atoms with Gasteiger partial charge in [0.15, 0.2) is 0 Å². The Bertz CT molecular complexity index is 793. The van der Waals surface area contributed by atoms with Gasteiger partial charge in [-0.15, -0.1) is 0 Å². The Morgan fingerprint density at radius 1 is 1.17 bits per heavy atom. The number of hydrogen-bond donors (Lipinski definition) is 3. The third kappa shape index (κ3) is 4.65. The first-order valence-electron chi connectivity index (χ1n) is 6.42. The molecule has 0 bridgehead atoms. The fourth-order valence-corrected chi connectivity index (χ4v) is 2.24. The molecule has 0 atom stereocenters. The van der Waals surface area contributed by atoms with Crippen LogP contribution in [-0.4, -0.2) is 11.0 Å². The van der Waals surface area contributed by atoms with Gasteiger partial charge in [-0.25, -0.2) is 0 Å². The number of nitriles is 1. The molecule has 0 saturated carbocycles. The van der Waals surface area contributed by atoms with Crippen molar-refractivity contribution < 1.29 is 9.90 Å². The Kier molecular flexibility index (Phi) is 5.47. The molecule has 0 radical (unpaired) electrons. The minimum absolute atomic E-state index is 0.0901. The molecule has 1 amide bonds. The van der Waals surface area contributed by atoms with Crippen LogP contribution in [0.5, 0.6) is 5.75 Å². The molecule has 0 unspecified atom stereocenters. The lowest BCUT2D eigenvalue weighted by atomic mass is 10.2. The molecule has 116 valence electrons. The number of nitrogens with one attached hydrogen (secondary N) is 2. The number of benzene rings is 2. The van der Waals surface area contributed by atoms with E-state index in [1.54, 1.807) is 36.4 Å². The van der Waals surface area contributed by atoms with E-state index in [-0.39, 0.29) is 17.0 Å². The lowest BCUT2D eigenvalue weighted by Crippen LogP contribution is -2.14. The van der Waals surface area contributed by atoms with Gasteiger partial charge >= 0.3 is 0 Å².